The predicted octanol–water partition coefficient (Wildman–Crippen LogP) is 3.72. The molecule has 3 nitrogen and oxygen atoms in total. The largest absolute Gasteiger partial charge is 0.268 e. The summed E-state index contributed by atoms with van der Waals surface area (Å²) in [5.41, 5.74) is 4.12. The lowest BCUT2D eigenvalue weighted by Crippen LogP contribution is -2.22. The summed E-state index contributed by atoms with van der Waals surface area (Å²) >= 11 is 0. The van der Waals surface area contributed by atoms with Gasteiger partial charge in [0.05, 0.1) is 5.69 Å². The number of aromatic nitrogens is 2. The summed E-state index contributed by atoms with van der Waals surface area (Å²) in [7, 11) is 0. The van der Waals surface area contributed by atoms with E-state index >= 15 is 0 Å². The van der Waals surface area contributed by atoms with Gasteiger partial charge in [0.25, 0.3) is 5.56 Å². The summed E-state index contributed by atoms with van der Waals surface area (Å²) in [6.07, 6.45) is 1.92. The van der Waals surface area contributed by atoms with E-state index in [0.717, 1.165) is 29.8 Å². The van der Waals surface area contributed by atoms with Crippen LogP contribution in [0.2, 0.25) is 0 Å². The first-order valence-electron chi connectivity index (χ1n) is 7.26. The quantitative estimate of drug-likeness (QED) is 0.908. The Kier molecular flexibility index (Phi) is 3.89. The van der Waals surface area contributed by atoms with Crippen molar-refractivity contribution in [3.63, 3.8) is 0 Å². The van der Waals surface area contributed by atoms with Crippen LogP contribution in [0.4, 0.5) is 0 Å². The lowest BCUT2D eigenvalue weighted by Gasteiger charge is -2.19. The van der Waals surface area contributed by atoms with Gasteiger partial charge in [-0.05, 0) is 36.5 Å². The van der Waals surface area contributed by atoms with E-state index in [-0.39, 0.29) is 11.0 Å². The van der Waals surface area contributed by atoms with Gasteiger partial charge < -0.3 is 0 Å². The molecular weight excluding hydrogens is 248 g/mol. The summed E-state index contributed by atoms with van der Waals surface area (Å²) in [6.45, 7) is 10.5. The van der Waals surface area contributed by atoms with Gasteiger partial charge in [0.1, 0.15) is 0 Å². The standard InChI is InChI=1S/C17H24N2O/c1-6-8-14-15(17(3,4)5)16(20)18-19(14)13-10-7-9-12(2)11-13/h7,9-11H,6,8H2,1-5H3,(H,18,20). The number of benzene rings is 1. The fourth-order valence-electron chi connectivity index (χ4n) is 2.70. The SMILES string of the molecule is CCCc1c(C(C)(C)C)c(=O)[nH]n1-c1cccc(C)c1. The molecule has 2 rings (SSSR count). The Bertz CT molecular complexity index is 656. The first-order chi connectivity index (χ1) is 9.34. The highest BCUT2D eigenvalue weighted by Gasteiger charge is 2.25. The van der Waals surface area contributed by atoms with Crippen molar-refractivity contribution >= 4 is 0 Å². The maximum absolute atomic E-state index is 12.4. The minimum Gasteiger partial charge on any atom is -0.268 e. The third-order valence-electron chi connectivity index (χ3n) is 3.50. The molecule has 1 aromatic carbocycles. The van der Waals surface area contributed by atoms with Crippen LogP contribution < -0.4 is 5.56 Å². The second-order valence-electron chi connectivity index (χ2n) is 6.44. The second kappa shape index (κ2) is 5.31. The van der Waals surface area contributed by atoms with Crippen molar-refractivity contribution in [2.45, 2.75) is 52.9 Å². The highest BCUT2D eigenvalue weighted by molar-refractivity contribution is 5.39. The van der Waals surface area contributed by atoms with Gasteiger partial charge in [0.2, 0.25) is 0 Å². The number of hydrogen-bond donors (Lipinski definition) is 1. The van der Waals surface area contributed by atoms with E-state index in [2.05, 4.69) is 51.9 Å². The normalized spacial score (nSPS) is 11.8. The Labute approximate surface area is 120 Å². The van der Waals surface area contributed by atoms with E-state index in [1.54, 1.807) is 0 Å². The molecule has 0 amide bonds. The van der Waals surface area contributed by atoms with Crippen LogP contribution in [0.1, 0.15) is 50.9 Å². The molecule has 3 heteroatoms. The lowest BCUT2D eigenvalue weighted by atomic mass is 9.86. The molecule has 0 spiro atoms. The molecule has 20 heavy (non-hydrogen) atoms. The van der Waals surface area contributed by atoms with Crippen LogP contribution in [0.15, 0.2) is 29.1 Å². The van der Waals surface area contributed by atoms with E-state index < -0.39 is 0 Å². The molecule has 0 unspecified atom stereocenters. The minimum atomic E-state index is -0.146. The van der Waals surface area contributed by atoms with E-state index in [1.165, 1.54) is 5.56 Å². The number of nitrogens with one attached hydrogen (secondary N) is 1. The molecule has 0 aliphatic rings. The highest BCUT2D eigenvalue weighted by atomic mass is 16.1. The van der Waals surface area contributed by atoms with Gasteiger partial charge in [-0.2, -0.15) is 0 Å². The van der Waals surface area contributed by atoms with Crippen molar-refractivity contribution in [1.82, 2.24) is 9.78 Å². The zero-order valence-electron chi connectivity index (χ0n) is 13.1. The molecule has 1 heterocycles. The number of hydrogen-bond acceptors (Lipinski definition) is 1. The van der Waals surface area contributed by atoms with Gasteiger partial charge in [-0.3, -0.25) is 14.6 Å². The van der Waals surface area contributed by atoms with E-state index in [9.17, 15) is 4.79 Å². The molecule has 1 aromatic heterocycles. The Balaban J connectivity index is 2.68. The Morgan fingerprint density at radius 1 is 1.25 bits per heavy atom. The molecule has 0 bridgehead atoms. The van der Waals surface area contributed by atoms with Gasteiger partial charge in [-0.15, -0.1) is 0 Å². The van der Waals surface area contributed by atoms with E-state index in [4.69, 9.17) is 0 Å². The van der Waals surface area contributed by atoms with Crippen LogP contribution in [0.25, 0.3) is 5.69 Å². The summed E-state index contributed by atoms with van der Waals surface area (Å²) in [6, 6.07) is 8.22. The average molecular weight is 272 g/mol. The number of rotatable bonds is 3. The fraction of sp³-hybridized carbons (Fsp3) is 0.471. The van der Waals surface area contributed by atoms with Crippen molar-refractivity contribution in [3.8, 4) is 5.69 Å². The molecule has 1 N–H and O–H groups in total. The molecule has 0 saturated carbocycles. The van der Waals surface area contributed by atoms with Gasteiger partial charge >= 0.3 is 0 Å². The molecule has 0 fully saturated rings. The minimum absolute atomic E-state index is 0.0301. The summed E-state index contributed by atoms with van der Waals surface area (Å²) < 4.78 is 1.96. The van der Waals surface area contributed by atoms with Gasteiger partial charge in [-0.25, -0.2) is 0 Å². The number of aromatic amines is 1. The van der Waals surface area contributed by atoms with E-state index in [0.29, 0.717) is 0 Å². The van der Waals surface area contributed by atoms with E-state index in [1.807, 2.05) is 16.8 Å². The number of nitrogens with zero attached hydrogens (tertiary/aromatic N) is 1. The third kappa shape index (κ3) is 2.72. The van der Waals surface area contributed by atoms with Crippen molar-refractivity contribution < 1.29 is 0 Å². The predicted molar refractivity (Wildman–Crippen MR) is 83.8 cm³/mol. The number of aryl methyl sites for hydroxylation is 1. The van der Waals surface area contributed by atoms with Gasteiger partial charge in [-0.1, -0.05) is 46.2 Å². The van der Waals surface area contributed by atoms with Crippen LogP contribution in [0, 0.1) is 6.92 Å². The van der Waals surface area contributed by atoms with Gasteiger partial charge in [0, 0.05) is 11.3 Å². The summed E-state index contributed by atoms with van der Waals surface area (Å²) in [4.78, 5) is 12.4. The van der Waals surface area contributed by atoms with Gasteiger partial charge in [0.15, 0.2) is 0 Å². The number of H-pyrrole nitrogens is 1. The molecule has 0 saturated heterocycles. The maximum atomic E-state index is 12.4. The Hall–Kier alpha value is -1.77. The van der Waals surface area contributed by atoms with Crippen LogP contribution >= 0.6 is 0 Å². The molecular formula is C17H24N2O. The van der Waals surface area contributed by atoms with Crippen LogP contribution in [0.5, 0.6) is 0 Å². The molecule has 0 aliphatic heterocycles. The first-order valence-corrected chi connectivity index (χ1v) is 7.26. The zero-order valence-corrected chi connectivity index (χ0v) is 13.1. The molecule has 0 atom stereocenters. The molecule has 2 aromatic rings. The van der Waals surface area contributed by atoms with Crippen molar-refractivity contribution in [1.29, 1.82) is 0 Å². The summed E-state index contributed by atoms with van der Waals surface area (Å²) in [5.74, 6) is 0. The van der Waals surface area contributed by atoms with Crippen molar-refractivity contribution in [2.24, 2.45) is 0 Å². The van der Waals surface area contributed by atoms with Crippen LogP contribution in [-0.4, -0.2) is 9.78 Å². The zero-order chi connectivity index (χ0) is 14.9. The molecule has 0 aliphatic carbocycles. The summed E-state index contributed by atoms with van der Waals surface area (Å²) in [5, 5.41) is 3.01. The topological polar surface area (TPSA) is 37.8 Å². The monoisotopic (exact) mass is 272 g/mol. The highest BCUT2D eigenvalue weighted by Crippen LogP contribution is 2.25. The molecule has 108 valence electrons. The average Bonchev–Trinajstić information content (AvgIpc) is 2.66. The lowest BCUT2D eigenvalue weighted by molar-refractivity contribution is 0.575. The van der Waals surface area contributed by atoms with Crippen molar-refractivity contribution in [2.75, 3.05) is 0 Å². The Morgan fingerprint density at radius 2 is 1.95 bits per heavy atom. The third-order valence-corrected chi connectivity index (χ3v) is 3.50. The maximum Gasteiger partial charge on any atom is 0.268 e. The Morgan fingerprint density at radius 3 is 2.50 bits per heavy atom. The second-order valence-corrected chi connectivity index (χ2v) is 6.44. The van der Waals surface area contributed by atoms with Crippen LogP contribution in [0.3, 0.4) is 0 Å². The van der Waals surface area contributed by atoms with Crippen LogP contribution in [-0.2, 0) is 11.8 Å². The fourth-order valence-corrected chi connectivity index (χ4v) is 2.70. The smallest absolute Gasteiger partial charge is 0.268 e. The first kappa shape index (κ1) is 14.6. The molecule has 0 radical (unpaired) electrons. The van der Waals surface area contributed by atoms with Crippen molar-refractivity contribution in [3.05, 3.63) is 51.4 Å².